The highest BCUT2D eigenvalue weighted by atomic mass is 32.1. The van der Waals surface area contributed by atoms with Crippen LogP contribution in [0.3, 0.4) is 0 Å². The molecule has 0 saturated carbocycles. The fourth-order valence-corrected chi connectivity index (χ4v) is 2.52. The SMILES string of the molecule is CCC(N)(CC)CNC(=O)c1cnc(-c2ncccn2)s1. The second-order valence-corrected chi connectivity index (χ2v) is 5.88. The van der Waals surface area contributed by atoms with Gasteiger partial charge >= 0.3 is 0 Å². The van der Waals surface area contributed by atoms with Crippen LogP contribution < -0.4 is 11.1 Å². The molecule has 3 N–H and O–H groups in total. The number of hydrogen-bond donors (Lipinski definition) is 2. The van der Waals surface area contributed by atoms with E-state index in [-0.39, 0.29) is 11.4 Å². The van der Waals surface area contributed by atoms with Crippen LogP contribution >= 0.6 is 11.3 Å². The predicted molar refractivity (Wildman–Crippen MR) is 83.0 cm³/mol. The summed E-state index contributed by atoms with van der Waals surface area (Å²) in [7, 11) is 0. The number of thiazole rings is 1. The molecule has 0 aliphatic carbocycles. The van der Waals surface area contributed by atoms with Crippen molar-refractivity contribution in [3.63, 3.8) is 0 Å². The molecule has 6 nitrogen and oxygen atoms in total. The molecule has 21 heavy (non-hydrogen) atoms. The molecule has 2 aromatic heterocycles. The van der Waals surface area contributed by atoms with E-state index in [1.54, 1.807) is 24.7 Å². The standard InChI is InChI=1S/C14H19N5OS/c1-3-14(15,4-2)9-19-12(20)10-8-18-13(21-10)11-16-6-5-7-17-11/h5-8H,3-4,9,15H2,1-2H3,(H,19,20). The van der Waals surface area contributed by atoms with E-state index in [1.165, 1.54) is 11.3 Å². The Morgan fingerprint density at radius 2 is 1.95 bits per heavy atom. The molecular weight excluding hydrogens is 286 g/mol. The molecule has 0 aromatic carbocycles. The fraction of sp³-hybridized carbons (Fsp3) is 0.429. The van der Waals surface area contributed by atoms with Crippen molar-refractivity contribution >= 4 is 17.2 Å². The predicted octanol–water partition coefficient (Wildman–Crippen LogP) is 1.85. The summed E-state index contributed by atoms with van der Waals surface area (Å²) in [6, 6.07) is 1.74. The van der Waals surface area contributed by atoms with Gasteiger partial charge in [0.1, 0.15) is 4.88 Å². The monoisotopic (exact) mass is 305 g/mol. The highest BCUT2D eigenvalue weighted by molar-refractivity contribution is 7.16. The van der Waals surface area contributed by atoms with Crippen LogP contribution in [0.15, 0.2) is 24.7 Å². The van der Waals surface area contributed by atoms with Gasteiger partial charge in [-0.3, -0.25) is 4.79 Å². The van der Waals surface area contributed by atoms with E-state index in [2.05, 4.69) is 20.3 Å². The molecule has 112 valence electrons. The molecule has 0 aliphatic heterocycles. The first-order valence-corrected chi connectivity index (χ1v) is 7.70. The van der Waals surface area contributed by atoms with Crippen molar-refractivity contribution in [2.45, 2.75) is 32.2 Å². The number of carbonyl (C=O) groups is 1. The minimum absolute atomic E-state index is 0.161. The van der Waals surface area contributed by atoms with Gasteiger partial charge in [0.05, 0.1) is 6.20 Å². The summed E-state index contributed by atoms with van der Waals surface area (Å²) in [6.07, 6.45) is 6.47. The first-order chi connectivity index (χ1) is 10.1. The molecule has 0 unspecified atom stereocenters. The Kier molecular flexibility index (Phi) is 4.98. The molecule has 2 rings (SSSR count). The molecule has 1 amide bonds. The average Bonchev–Trinajstić information content (AvgIpc) is 3.03. The lowest BCUT2D eigenvalue weighted by molar-refractivity contribution is 0.0946. The third-order valence-corrected chi connectivity index (χ3v) is 4.49. The largest absolute Gasteiger partial charge is 0.349 e. The Bertz CT molecular complexity index is 594. The Morgan fingerprint density at radius 3 is 2.57 bits per heavy atom. The van der Waals surface area contributed by atoms with E-state index in [0.29, 0.717) is 22.3 Å². The Balaban J connectivity index is 2.03. The first kappa shape index (κ1) is 15.5. The van der Waals surface area contributed by atoms with Crippen molar-refractivity contribution < 1.29 is 4.79 Å². The van der Waals surface area contributed by atoms with Crippen LogP contribution in [0.25, 0.3) is 10.8 Å². The Labute approximate surface area is 127 Å². The maximum atomic E-state index is 12.1. The van der Waals surface area contributed by atoms with E-state index in [0.717, 1.165) is 12.8 Å². The third kappa shape index (κ3) is 3.83. The van der Waals surface area contributed by atoms with Crippen LogP contribution in [0.2, 0.25) is 0 Å². The number of aromatic nitrogens is 3. The van der Waals surface area contributed by atoms with Gasteiger partial charge < -0.3 is 11.1 Å². The van der Waals surface area contributed by atoms with Crippen molar-refractivity contribution in [1.82, 2.24) is 20.3 Å². The first-order valence-electron chi connectivity index (χ1n) is 6.88. The van der Waals surface area contributed by atoms with E-state index in [1.807, 2.05) is 13.8 Å². The van der Waals surface area contributed by atoms with Crippen molar-refractivity contribution in [3.05, 3.63) is 29.5 Å². The van der Waals surface area contributed by atoms with E-state index < -0.39 is 0 Å². The molecular formula is C14H19N5OS. The number of amides is 1. The molecule has 0 bridgehead atoms. The van der Waals surface area contributed by atoms with Crippen LogP contribution in [0.5, 0.6) is 0 Å². The summed E-state index contributed by atoms with van der Waals surface area (Å²) >= 11 is 1.27. The average molecular weight is 305 g/mol. The zero-order valence-electron chi connectivity index (χ0n) is 12.2. The molecule has 7 heteroatoms. The van der Waals surface area contributed by atoms with Crippen molar-refractivity contribution in [2.24, 2.45) is 5.73 Å². The highest BCUT2D eigenvalue weighted by Crippen LogP contribution is 2.21. The number of nitrogens with zero attached hydrogens (tertiary/aromatic N) is 3. The van der Waals surface area contributed by atoms with Crippen molar-refractivity contribution in [2.75, 3.05) is 6.54 Å². The molecule has 0 spiro atoms. The maximum absolute atomic E-state index is 12.1. The fourth-order valence-electron chi connectivity index (χ4n) is 1.74. The van der Waals surface area contributed by atoms with Gasteiger partial charge in [0, 0.05) is 24.5 Å². The van der Waals surface area contributed by atoms with E-state index in [4.69, 9.17) is 5.73 Å². The molecule has 0 saturated heterocycles. The van der Waals surface area contributed by atoms with Gasteiger partial charge in [-0.25, -0.2) is 15.0 Å². The minimum atomic E-state index is -0.355. The lowest BCUT2D eigenvalue weighted by Crippen LogP contribution is -2.49. The van der Waals surface area contributed by atoms with Crippen molar-refractivity contribution in [3.8, 4) is 10.8 Å². The molecule has 0 aliphatic rings. The van der Waals surface area contributed by atoms with Crippen LogP contribution in [-0.4, -0.2) is 32.9 Å². The third-order valence-electron chi connectivity index (χ3n) is 3.50. The number of hydrogen-bond acceptors (Lipinski definition) is 6. The lowest BCUT2D eigenvalue weighted by Gasteiger charge is -2.26. The van der Waals surface area contributed by atoms with Crippen LogP contribution in [0.4, 0.5) is 0 Å². The number of nitrogens with one attached hydrogen (secondary N) is 1. The van der Waals surface area contributed by atoms with Gasteiger partial charge in [0.2, 0.25) is 0 Å². The maximum Gasteiger partial charge on any atom is 0.263 e. The summed E-state index contributed by atoms with van der Waals surface area (Å²) < 4.78 is 0. The second-order valence-electron chi connectivity index (χ2n) is 4.85. The summed E-state index contributed by atoms with van der Waals surface area (Å²) in [4.78, 5) is 25.1. The number of nitrogens with two attached hydrogens (primary N) is 1. The number of rotatable bonds is 6. The van der Waals surface area contributed by atoms with Gasteiger partial charge in [-0.1, -0.05) is 13.8 Å². The quantitative estimate of drug-likeness (QED) is 0.849. The molecule has 0 atom stereocenters. The highest BCUT2D eigenvalue weighted by Gasteiger charge is 2.22. The molecule has 2 aromatic rings. The van der Waals surface area contributed by atoms with Gasteiger partial charge in [0.25, 0.3) is 5.91 Å². The zero-order valence-corrected chi connectivity index (χ0v) is 13.0. The normalized spacial score (nSPS) is 11.4. The van der Waals surface area contributed by atoms with Crippen LogP contribution in [-0.2, 0) is 0 Å². The molecule has 0 fully saturated rings. The number of carbonyl (C=O) groups excluding carboxylic acids is 1. The van der Waals surface area contributed by atoms with Crippen molar-refractivity contribution in [1.29, 1.82) is 0 Å². The smallest absolute Gasteiger partial charge is 0.263 e. The summed E-state index contributed by atoms with van der Waals surface area (Å²) in [6.45, 7) is 4.49. The van der Waals surface area contributed by atoms with Gasteiger partial charge in [-0.05, 0) is 18.9 Å². The van der Waals surface area contributed by atoms with E-state index in [9.17, 15) is 4.79 Å². The van der Waals surface area contributed by atoms with Crippen LogP contribution in [0.1, 0.15) is 36.4 Å². The Morgan fingerprint density at radius 1 is 1.29 bits per heavy atom. The Hall–Kier alpha value is -1.86. The summed E-state index contributed by atoms with van der Waals surface area (Å²) in [5.41, 5.74) is 5.82. The van der Waals surface area contributed by atoms with Gasteiger partial charge in [0.15, 0.2) is 10.8 Å². The van der Waals surface area contributed by atoms with E-state index >= 15 is 0 Å². The zero-order chi connectivity index (χ0) is 15.3. The van der Waals surface area contributed by atoms with Crippen LogP contribution in [0, 0.1) is 0 Å². The van der Waals surface area contributed by atoms with Gasteiger partial charge in [-0.2, -0.15) is 0 Å². The topological polar surface area (TPSA) is 93.8 Å². The summed E-state index contributed by atoms with van der Waals surface area (Å²) in [5, 5.41) is 3.50. The minimum Gasteiger partial charge on any atom is -0.349 e. The lowest BCUT2D eigenvalue weighted by atomic mass is 9.94. The molecule has 0 radical (unpaired) electrons. The molecule has 2 heterocycles. The van der Waals surface area contributed by atoms with Gasteiger partial charge in [-0.15, -0.1) is 11.3 Å². The second kappa shape index (κ2) is 6.73. The summed E-state index contributed by atoms with van der Waals surface area (Å²) in [5.74, 6) is 0.364.